The molecule has 14 amide bonds. The minimum Gasteiger partial charge on any atom is -0.481 e. The van der Waals surface area contributed by atoms with Gasteiger partial charge in [-0.05, 0) is 171 Å². The van der Waals surface area contributed by atoms with E-state index < -0.39 is 241 Å². The molecule has 1 aliphatic rings. The van der Waals surface area contributed by atoms with Crippen LogP contribution in [0.3, 0.4) is 0 Å². The Bertz CT molecular complexity index is 4130. The predicted molar refractivity (Wildman–Crippen MR) is 463 cm³/mol. The largest absolute Gasteiger partial charge is 0.481 e. The van der Waals surface area contributed by atoms with Gasteiger partial charge in [0.25, 0.3) is 0 Å². The summed E-state index contributed by atoms with van der Waals surface area (Å²) in [6.07, 6.45) is -0.646. The van der Waals surface area contributed by atoms with Gasteiger partial charge in [-0.1, -0.05) is 104 Å². The van der Waals surface area contributed by atoms with Crippen LogP contribution in [0.15, 0.2) is 60.8 Å². The van der Waals surface area contributed by atoms with Crippen LogP contribution < -0.4 is 92.1 Å². The fourth-order valence-corrected chi connectivity index (χ4v) is 14.1. The number of carboxylic acids is 3. The maximum absolute atomic E-state index is 15.0. The molecule has 16 atom stereocenters. The zero-order valence-electron chi connectivity index (χ0n) is 73.7. The number of aliphatic hydroxyl groups excluding tert-OH is 2. The number of carbonyl (C=O) groups is 17. The lowest BCUT2D eigenvalue weighted by molar-refractivity contribution is -0.143. The molecule has 27 N–H and O–H groups in total. The fraction of sp³-hybridized carbons (Fsp3) is 0.635. The van der Waals surface area contributed by atoms with E-state index in [1.807, 2.05) is 0 Å². The second kappa shape index (κ2) is 54.6. The molecule has 2 aromatic carbocycles. The SMILES string of the molecule is CC(C)C[C@H](NC(=O)[C@H](CCCCN)NC(=O)[C@H](CCCCN)NC(=O)[C@@H](NC(=O)[C@H](CO)NC(=O)[C@H](CCC(=O)O)NC(=O)[C@H](CC(C)C)NC(=O)[C@H](Cc1ccccc1)NC(=O)[C@H](C)NC(=O)[C@H](CCCCN)NC(=O)[C@H](Cc1c[nH]c2ccccc12)NC(=O)[C@@H](NC(=O)[C@H](CCC(=O)O)NC(=O)[C@@H]1CCCN1C(=O)[C@@H](N)C(C)C)[C@@H](C)O)C(C)C)C(=O)O. The number of H-pyrrole nitrogens is 1. The minimum absolute atomic E-state index is 0.0133. The molecular formula is C85H135N19O22. The van der Waals surface area contributed by atoms with Crippen molar-refractivity contribution in [3.05, 3.63) is 71.9 Å². The van der Waals surface area contributed by atoms with Crippen molar-refractivity contribution >= 4 is 112 Å². The molecule has 126 heavy (non-hydrogen) atoms. The Hall–Kier alpha value is -11.3. The van der Waals surface area contributed by atoms with Crippen molar-refractivity contribution in [3.63, 3.8) is 0 Å². The average Bonchev–Trinajstić information content (AvgIpc) is 1.66. The first-order valence-electron chi connectivity index (χ1n) is 43.2. The van der Waals surface area contributed by atoms with Gasteiger partial charge >= 0.3 is 17.9 Å². The summed E-state index contributed by atoms with van der Waals surface area (Å²) >= 11 is 0. The number of aromatic amines is 1. The summed E-state index contributed by atoms with van der Waals surface area (Å²) in [5, 5.41) is 84.9. The van der Waals surface area contributed by atoms with E-state index in [9.17, 15) is 107 Å². The number of para-hydroxylation sites is 1. The number of benzene rings is 2. The molecule has 0 spiro atoms. The van der Waals surface area contributed by atoms with E-state index in [1.54, 1.807) is 102 Å². The number of aliphatic carboxylic acids is 3. The standard InChI is InChI=1S/C85H135N19O22/c1-45(2)39-60(77(117)94-58(31-33-66(107)108)75(115)101-64(44-105)80(120)102-69(48(7)8)82(122)96-57(29-18-21-37-88)73(113)92-56(28-17-20-36-87)74(114)100-63(85(125)126)40-46(3)4)98-78(118)61(41-51-23-12-11-13-24-51)97-71(111)49(9)91-72(112)55(27-16-19-35-86)93-79(119)62(42-52-43-90-54-26-15-14-25-53(52)54)99-83(123)70(50(10)106)103-76(116)59(32-34-67(109)110)95-81(121)65-30-22-38-104(65)84(124)68(89)47(5)6/h11-15,23-26,43,45-50,55-65,68-70,90,105-106H,16-22,27-42,44,86-89H2,1-10H3,(H,91,112)(H,92,113)(H,93,119)(H,94,117)(H,95,121)(H,96,122)(H,97,111)(H,98,118)(H,99,123)(H,100,114)(H,101,115)(H,102,120)(H,103,116)(H,107,108)(H,109,110)(H,125,126)/t49-,50+,55-,56-,57-,58-,59-,60-,61-,62-,63-,64-,65-,68-,69-,70-/m0/s1. The Morgan fingerprint density at radius 3 is 1.31 bits per heavy atom. The molecule has 4 rings (SSSR count). The third kappa shape index (κ3) is 36.0. The van der Waals surface area contributed by atoms with Crippen LogP contribution in [0.1, 0.15) is 190 Å². The van der Waals surface area contributed by atoms with Gasteiger partial charge in [0, 0.05) is 49.3 Å². The number of carboxylic acid groups (broad SMARTS) is 3. The quantitative estimate of drug-likeness (QED) is 0.0261. The molecule has 0 unspecified atom stereocenters. The number of likely N-dealkylation sites (tertiary alicyclic amines) is 1. The molecule has 41 nitrogen and oxygen atoms in total. The molecule has 0 radical (unpaired) electrons. The first-order valence-corrected chi connectivity index (χ1v) is 43.2. The van der Waals surface area contributed by atoms with E-state index in [0.717, 1.165) is 6.92 Å². The highest BCUT2D eigenvalue weighted by Gasteiger charge is 2.42. The number of aromatic nitrogens is 1. The molecule has 0 saturated carbocycles. The van der Waals surface area contributed by atoms with Crippen LogP contribution in [-0.4, -0.2) is 266 Å². The molecule has 2 heterocycles. The first kappa shape index (κ1) is 107. The van der Waals surface area contributed by atoms with Crippen molar-refractivity contribution < 1.29 is 107 Å². The maximum Gasteiger partial charge on any atom is 0.326 e. The van der Waals surface area contributed by atoms with Crippen molar-refractivity contribution in [2.45, 2.75) is 288 Å². The molecule has 41 heteroatoms. The number of nitrogens with one attached hydrogen (secondary N) is 14. The summed E-state index contributed by atoms with van der Waals surface area (Å²) in [6.45, 7) is 15.6. The molecule has 1 fully saturated rings. The highest BCUT2D eigenvalue weighted by Crippen LogP contribution is 2.23. The van der Waals surface area contributed by atoms with Crippen molar-refractivity contribution in [1.29, 1.82) is 0 Å². The normalized spacial score (nSPS) is 16.2. The van der Waals surface area contributed by atoms with Crippen molar-refractivity contribution in [2.75, 3.05) is 32.8 Å². The van der Waals surface area contributed by atoms with Crippen molar-refractivity contribution in [3.8, 4) is 0 Å². The van der Waals surface area contributed by atoms with Crippen LogP contribution in [0.2, 0.25) is 0 Å². The summed E-state index contributed by atoms with van der Waals surface area (Å²) in [5.74, 6) is -18.9. The third-order valence-electron chi connectivity index (χ3n) is 21.3. The minimum atomic E-state index is -1.89. The van der Waals surface area contributed by atoms with E-state index in [1.165, 1.54) is 25.7 Å². The Balaban J connectivity index is 1.60. The molecule has 0 aliphatic carbocycles. The Labute approximate surface area is 733 Å². The van der Waals surface area contributed by atoms with Crippen LogP contribution in [0.4, 0.5) is 0 Å². The molecule has 3 aromatic rings. The maximum atomic E-state index is 15.0. The molecular weight excluding hydrogens is 1640 g/mol. The number of nitrogens with two attached hydrogens (primary N) is 4. The van der Waals surface area contributed by atoms with Crippen molar-refractivity contribution in [1.82, 2.24) is 79.0 Å². The van der Waals surface area contributed by atoms with Crippen LogP contribution >= 0.6 is 0 Å². The number of carbonyl (C=O) groups excluding carboxylic acids is 14. The van der Waals surface area contributed by atoms with Gasteiger partial charge in [-0.15, -0.1) is 0 Å². The van der Waals surface area contributed by atoms with Crippen LogP contribution in [-0.2, 0) is 94.3 Å². The fourth-order valence-electron chi connectivity index (χ4n) is 14.1. The Kier molecular flexibility index (Phi) is 46.4. The number of unbranched alkanes of at least 4 members (excludes halogenated alkanes) is 3. The Morgan fingerprint density at radius 2 is 0.825 bits per heavy atom. The third-order valence-corrected chi connectivity index (χ3v) is 21.3. The summed E-state index contributed by atoms with van der Waals surface area (Å²) in [5.41, 5.74) is 25.1. The summed E-state index contributed by atoms with van der Waals surface area (Å²) in [6, 6.07) is -7.08. The van der Waals surface area contributed by atoms with Gasteiger partial charge in [0.05, 0.1) is 18.8 Å². The van der Waals surface area contributed by atoms with Crippen molar-refractivity contribution in [2.24, 2.45) is 46.6 Å². The molecule has 1 aliphatic heterocycles. The number of hydrogen-bond donors (Lipinski definition) is 23. The highest BCUT2D eigenvalue weighted by atomic mass is 16.4. The highest BCUT2D eigenvalue weighted by molar-refractivity contribution is 6.01. The summed E-state index contributed by atoms with van der Waals surface area (Å²) in [4.78, 5) is 241. The average molecular weight is 1780 g/mol. The van der Waals surface area contributed by atoms with Gasteiger partial charge < -0.3 is 127 Å². The lowest BCUT2D eigenvalue weighted by atomic mass is 10.00. The van der Waals surface area contributed by atoms with E-state index in [-0.39, 0.29) is 95.8 Å². The number of amides is 14. The number of fused-ring (bicyclic) bond motifs is 1. The molecule has 1 saturated heterocycles. The summed E-state index contributed by atoms with van der Waals surface area (Å²) < 4.78 is 0. The number of aliphatic hydroxyl groups is 2. The Morgan fingerprint density at radius 1 is 0.429 bits per heavy atom. The van der Waals surface area contributed by atoms with E-state index in [0.29, 0.717) is 60.6 Å². The number of rotatable bonds is 58. The summed E-state index contributed by atoms with van der Waals surface area (Å²) in [7, 11) is 0. The van der Waals surface area contributed by atoms with Crippen LogP contribution in [0.25, 0.3) is 10.9 Å². The molecule has 1 aromatic heterocycles. The second-order valence-corrected chi connectivity index (χ2v) is 33.5. The second-order valence-electron chi connectivity index (χ2n) is 33.5. The number of hydrogen-bond acceptors (Lipinski definition) is 23. The van der Waals surface area contributed by atoms with E-state index in [2.05, 4.69) is 74.1 Å². The van der Waals surface area contributed by atoms with Crippen LogP contribution in [0, 0.1) is 23.7 Å². The molecule has 0 bridgehead atoms. The van der Waals surface area contributed by atoms with Gasteiger partial charge in [0.15, 0.2) is 0 Å². The van der Waals surface area contributed by atoms with Crippen LogP contribution in [0.5, 0.6) is 0 Å². The predicted octanol–water partition coefficient (Wildman–Crippen LogP) is -2.43. The topological polar surface area (TPSA) is 671 Å². The lowest BCUT2D eigenvalue weighted by Crippen LogP contribution is -2.62. The smallest absolute Gasteiger partial charge is 0.326 e. The zero-order valence-corrected chi connectivity index (χ0v) is 73.7. The lowest BCUT2D eigenvalue weighted by Gasteiger charge is -2.30. The molecule has 702 valence electrons. The van der Waals surface area contributed by atoms with Gasteiger partial charge in [-0.3, -0.25) is 76.7 Å². The van der Waals surface area contributed by atoms with Gasteiger partial charge in [0.1, 0.15) is 84.6 Å². The first-order chi connectivity index (χ1) is 59.5. The van der Waals surface area contributed by atoms with Gasteiger partial charge in [-0.25, -0.2) is 4.79 Å². The number of nitrogens with zero attached hydrogens (tertiary/aromatic N) is 1. The van der Waals surface area contributed by atoms with Gasteiger partial charge in [-0.2, -0.15) is 0 Å². The van der Waals surface area contributed by atoms with E-state index in [4.69, 9.17) is 22.9 Å². The zero-order chi connectivity index (χ0) is 94.2. The van der Waals surface area contributed by atoms with E-state index >= 15 is 0 Å². The van der Waals surface area contributed by atoms with Gasteiger partial charge in [0.2, 0.25) is 82.7 Å². The monoisotopic (exact) mass is 1770 g/mol.